The Morgan fingerprint density at radius 2 is 1.55 bits per heavy atom. The second-order valence-corrected chi connectivity index (χ2v) is 10.8. The second-order valence-electron chi connectivity index (χ2n) is 9.61. The number of halogens is 2. The molecule has 0 aromatic heterocycles. The summed E-state index contributed by atoms with van der Waals surface area (Å²) in [4.78, 5) is 17.8. The predicted octanol–water partition coefficient (Wildman–Crippen LogP) is 7.30. The average Bonchev–Trinajstić information content (AvgIpc) is 2.77. The van der Waals surface area contributed by atoms with Crippen LogP contribution in [0.2, 0.25) is 0 Å². The number of hydrogen-bond donors (Lipinski definition) is 2. The summed E-state index contributed by atoms with van der Waals surface area (Å²) in [7, 11) is -2.09. The van der Waals surface area contributed by atoms with Crippen molar-refractivity contribution >= 4 is 8.38 Å². The van der Waals surface area contributed by atoms with Crippen LogP contribution in [-0.2, 0) is 0 Å². The maximum Gasteiger partial charge on any atom is 0.200 e. The van der Waals surface area contributed by atoms with E-state index < -0.39 is 20.0 Å². The quantitative estimate of drug-likeness (QED) is 0.287. The van der Waals surface area contributed by atoms with Gasteiger partial charge in [-0.1, -0.05) is 51.5 Å². The lowest BCUT2D eigenvalue weighted by atomic mass is 9.68. The molecule has 0 bridgehead atoms. The molecule has 1 aromatic carbocycles. The van der Waals surface area contributed by atoms with Gasteiger partial charge in [-0.3, -0.25) is 0 Å². The van der Waals surface area contributed by atoms with Crippen LogP contribution in [0.1, 0.15) is 95.5 Å². The maximum absolute atomic E-state index is 14.7. The third-order valence-corrected chi connectivity index (χ3v) is 8.19. The zero-order valence-electron chi connectivity index (χ0n) is 18.9. The van der Waals surface area contributed by atoms with Crippen molar-refractivity contribution in [3.8, 4) is 5.75 Å². The van der Waals surface area contributed by atoms with Gasteiger partial charge in [0.25, 0.3) is 0 Å². The molecule has 3 nitrogen and oxygen atoms in total. The highest BCUT2D eigenvalue weighted by molar-refractivity contribution is 7.45. The predicted molar refractivity (Wildman–Crippen MR) is 122 cm³/mol. The Morgan fingerprint density at radius 1 is 0.903 bits per heavy atom. The van der Waals surface area contributed by atoms with Crippen molar-refractivity contribution in [3.63, 3.8) is 0 Å². The first kappa shape index (κ1) is 24.9. The molecule has 176 valence electrons. The minimum atomic E-state index is -2.09. The Balaban J connectivity index is 1.47. The molecule has 1 aromatic rings. The highest BCUT2D eigenvalue weighted by Gasteiger charge is 2.32. The molecule has 2 N–H and O–H groups in total. The van der Waals surface area contributed by atoms with E-state index >= 15 is 0 Å². The second kappa shape index (κ2) is 12.5. The fraction of sp³-hybridized carbons (Fsp3) is 0.760. The van der Waals surface area contributed by atoms with Crippen molar-refractivity contribution < 1.29 is 23.3 Å². The van der Waals surface area contributed by atoms with Crippen molar-refractivity contribution in [2.45, 2.75) is 89.9 Å². The number of ether oxygens (including phenoxy) is 1. The molecule has 0 aliphatic heterocycles. The van der Waals surface area contributed by atoms with Gasteiger partial charge in [0, 0.05) is 0 Å². The molecule has 2 aliphatic rings. The standard InChI is InChI=1S/C25H39F2O3P/c1-2-3-4-5-18-6-8-19(9-7-18)20-10-12-21(13-11-20)22-14-15-23(25(27)24(22)26)30-16-17-31(28)29/h14-15,18-21,28-29H,2-13,16-17H2,1H3. The largest absolute Gasteiger partial charge is 0.490 e. The fourth-order valence-electron chi connectivity index (χ4n) is 5.74. The summed E-state index contributed by atoms with van der Waals surface area (Å²) in [5, 5.41) is 0. The van der Waals surface area contributed by atoms with E-state index in [1.165, 1.54) is 57.4 Å². The first-order chi connectivity index (χ1) is 15.0. The Bertz CT molecular complexity index is 669. The van der Waals surface area contributed by atoms with Crippen molar-refractivity contribution in [2.75, 3.05) is 12.8 Å². The number of unbranched alkanes of at least 4 members (excludes halogenated alkanes) is 2. The van der Waals surface area contributed by atoms with E-state index in [4.69, 9.17) is 14.5 Å². The summed E-state index contributed by atoms with van der Waals surface area (Å²) >= 11 is 0. The minimum absolute atomic E-state index is 0.0167. The van der Waals surface area contributed by atoms with Gasteiger partial charge in [-0.25, -0.2) is 4.39 Å². The summed E-state index contributed by atoms with van der Waals surface area (Å²) in [6.45, 7) is 2.22. The number of benzene rings is 1. The highest BCUT2D eigenvalue weighted by atomic mass is 31.2. The summed E-state index contributed by atoms with van der Waals surface area (Å²) in [5.41, 5.74) is 0.467. The van der Waals surface area contributed by atoms with E-state index in [9.17, 15) is 8.78 Å². The highest BCUT2D eigenvalue weighted by Crippen LogP contribution is 2.45. The van der Waals surface area contributed by atoms with Gasteiger partial charge in [0.05, 0.1) is 12.8 Å². The normalized spacial score (nSPS) is 26.9. The van der Waals surface area contributed by atoms with E-state index in [0.29, 0.717) is 5.56 Å². The number of rotatable bonds is 10. The van der Waals surface area contributed by atoms with E-state index in [2.05, 4.69) is 6.92 Å². The van der Waals surface area contributed by atoms with Gasteiger partial charge in [-0.2, -0.15) is 4.39 Å². The van der Waals surface area contributed by atoms with E-state index in [1.807, 2.05) is 0 Å². The molecule has 31 heavy (non-hydrogen) atoms. The topological polar surface area (TPSA) is 49.7 Å². The lowest BCUT2D eigenvalue weighted by Crippen LogP contribution is -2.25. The molecule has 0 radical (unpaired) electrons. The minimum Gasteiger partial charge on any atom is -0.490 e. The molecule has 3 rings (SSSR count). The third-order valence-electron chi connectivity index (χ3n) is 7.61. The summed E-state index contributed by atoms with van der Waals surface area (Å²) in [6.07, 6.45) is 15.0. The molecule has 6 heteroatoms. The third kappa shape index (κ3) is 7.11. The van der Waals surface area contributed by atoms with Crippen molar-refractivity contribution in [1.82, 2.24) is 0 Å². The van der Waals surface area contributed by atoms with Gasteiger partial charge in [-0.15, -0.1) is 0 Å². The molecule has 0 atom stereocenters. The Morgan fingerprint density at radius 3 is 2.16 bits per heavy atom. The smallest absolute Gasteiger partial charge is 0.200 e. The van der Waals surface area contributed by atoms with Crippen molar-refractivity contribution in [2.24, 2.45) is 17.8 Å². The van der Waals surface area contributed by atoms with E-state index in [0.717, 1.165) is 43.4 Å². The van der Waals surface area contributed by atoms with Crippen LogP contribution in [-0.4, -0.2) is 22.6 Å². The Labute approximate surface area is 187 Å². The van der Waals surface area contributed by atoms with Crippen molar-refractivity contribution in [3.05, 3.63) is 29.3 Å². The van der Waals surface area contributed by atoms with Gasteiger partial charge in [0.15, 0.2) is 19.9 Å². The van der Waals surface area contributed by atoms with Crippen LogP contribution in [0.25, 0.3) is 0 Å². The molecule has 0 amide bonds. The molecule has 0 heterocycles. The molecule has 2 aliphatic carbocycles. The maximum atomic E-state index is 14.7. The molecular formula is C25H39F2O3P. The van der Waals surface area contributed by atoms with Crippen LogP contribution in [0.5, 0.6) is 5.75 Å². The summed E-state index contributed by atoms with van der Waals surface area (Å²) in [6, 6.07) is 3.14. The van der Waals surface area contributed by atoms with Gasteiger partial charge in [-0.05, 0) is 73.8 Å². The van der Waals surface area contributed by atoms with Gasteiger partial charge in [0.2, 0.25) is 5.82 Å². The van der Waals surface area contributed by atoms with Gasteiger partial charge in [0.1, 0.15) is 0 Å². The molecule has 2 fully saturated rings. The van der Waals surface area contributed by atoms with Crippen LogP contribution in [0.15, 0.2) is 12.1 Å². The van der Waals surface area contributed by atoms with Gasteiger partial charge >= 0.3 is 0 Å². The molecule has 2 saturated carbocycles. The fourth-order valence-corrected chi connectivity index (χ4v) is 6.00. The zero-order valence-corrected chi connectivity index (χ0v) is 19.8. The van der Waals surface area contributed by atoms with E-state index in [1.54, 1.807) is 6.07 Å². The Kier molecular flexibility index (Phi) is 10.00. The lowest BCUT2D eigenvalue weighted by Gasteiger charge is -2.38. The first-order valence-corrected chi connectivity index (χ1v) is 13.7. The molecule has 0 spiro atoms. The lowest BCUT2D eigenvalue weighted by molar-refractivity contribution is 0.155. The van der Waals surface area contributed by atoms with Crippen LogP contribution in [0, 0.1) is 29.4 Å². The Hall–Kier alpha value is -0.770. The van der Waals surface area contributed by atoms with Crippen LogP contribution < -0.4 is 4.74 Å². The SMILES string of the molecule is CCCCCC1CCC(C2CCC(c3ccc(OCCP(O)O)c(F)c3F)CC2)CC1. The summed E-state index contributed by atoms with van der Waals surface area (Å²) in [5.74, 6) is 0.665. The monoisotopic (exact) mass is 456 g/mol. The number of hydrogen-bond acceptors (Lipinski definition) is 3. The molecule has 0 saturated heterocycles. The van der Waals surface area contributed by atoms with Crippen LogP contribution in [0.4, 0.5) is 8.78 Å². The first-order valence-electron chi connectivity index (χ1n) is 12.3. The average molecular weight is 457 g/mol. The van der Waals surface area contributed by atoms with E-state index in [-0.39, 0.29) is 24.4 Å². The van der Waals surface area contributed by atoms with Crippen LogP contribution in [0.3, 0.4) is 0 Å². The summed E-state index contributed by atoms with van der Waals surface area (Å²) < 4.78 is 34.3. The van der Waals surface area contributed by atoms with Gasteiger partial charge < -0.3 is 14.5 Å². The molecule has 0 unspecified atom stereocenters. The molecular weight excluding hydrogens is 417 g/mol. The van der Waals surface area contributed by atoms with Crippen molar-refractivity contribution in [1.29, 1.82) is 0 Å². The zero-order chi connectivity index (χ0) is 22.2. The van der Waals surface area contributed by atoms with Crippen LogP contribution >= 0.6 is 8.38 Å².